The highest BCUT2D eigenvalue weighted by Crippen LogP contribution is 2.31. The van der Waals surface area contributed by atoms with Crippen molar-refractivity contribution in [3.05, 3.63) is 36.3 Å². The standard InChI is InChI=1S/C14H17N5O.2ClH/c15-12(9-1-2-9)8-17-14(20)11-7-18-19-13(11)10-3-5-16-6-4-10;;/h3-7,9,12H,1-2,8,15H2,(H,17,20)(H,18,19);2*1H. The van der Waals surface area contributed by atoms with E-state index in [-0.39, 0.29) is 36.8 Å². The fraction of sp³-hybridized carbons (Fsp3) is 0.357. The maximum Gasteiger partial charge on any atom is 0.255 e. The van der Waals surface area contributed by atoms with Crippen molar-refractivity contribution in [1.82, 2.24) is 20.5 Å². The predicted molar refractivity (Wildman–Crippen MR) is 89.3 cm³/mol. The van der Waals surface area contributed by atoms with E-state index in [9.17, 15) is 4.79 Å². The lowest BCUT2D eigenvalue weighted by molar-refractivity contribution is 0.0951. The van der Waals surface area contributed by atoms with Gasteiger partial charge in [-0.3, -0.25) is 14.9 Å². The number of halogens is 2. The van der Waals surface area contributed by atoms with Crippen LogP contribution in [0.2, 0.25) is 0 Å². The topological polar surface area (TPSA) is 96.7 Å². The number of pyridine rings is 1. The summed E-state index contributed by atoms with van der Waals surface area (Å²) >= 11 is 0. The summed E-state index contributed by atoms with van der Waals surface area (Å²) in [6.45, 7) is 0.504. The van der Waals surface area contributed by atoms with Gasteiger partial charge in [-0.25, -0.2) is 0 Å². The Morgan fingerprint density at radius 3 is 2.68 bits per heavy atom. The van der Waals surface area contributed by atoms with Crippen LogP contribution in [0.1, 0.15) is 23.2 Å². The Kier molecular flexibility index (Phi) is 6.80. The average molecular weight is 344 g/mol. The third-order valence-electron chi connectivity index (χ3n) is 3.58. The lowest BCUT2D eigenvalue weighted by atomic mass is 10.1. The lowest BCUT2D eigenvalue weighted by Crippen LogP contribution is -2.38. The second-order valence-corrected chi connectivity index (χ2v) is 5.11. The number of nitrogens with zero attached hydrogens (tertiary/aromatic N) is 2. The number of nitrogens with one attached hydrogen (secondary N) is 2. The number of carbonyl (C=O) groups is 1. The van der Waals surface area contributed by atoms with Crippen molar-refractivity contribution < 1.29 is 4.79 Å². The molecular formula is C14H19Cl2N5O. The van der Waals surface area contributed by atoms with Crippen molar-refractivity contribution in [3.8, 4) is 11.3 Å². The summed E-state index contributed by atoms with van der Waals surface area (Å²) in [7, 11) is 0. The molecule has 6 nitrogen and oxygen atoms in total. The molecule has 0 aliphatic heterocycles. The molecule has 120 valence electrons. The van der Waals surface area contributed by atoms with Gasteiger partial charge < -0.3 is 11.1 Å². The number of aromatic nitrogens is 3. The van der Waals surface area contributed by atoms with Gasteiger partial charge in [0.05, 0.1) is 17.5 Å². The van der Waals surface area contributed by atoms with E-state index in [4.69, 9.17) is 5.73 Å². The molecule has 0 bridgehead atoms. The molecule has 1 unspecified atom stereocenters. The van der Waals surface area contributed by atoms with Gasteiger partial charge in [0.15, 0.2) is 0 Å². The molecule has 1 saturated carbocycles. The molecular weight excluding hydrogens is 325 g/mol. The van der Waals surface area contributed by atoms with Gasteiger partial charge in [0, 0.05) is 30.5 Å². The smallest absolute Gasteiger partial charge is 0.255 e. The molecule has 0 radical (unpaired) electrons. The fourth-order valence-electron chi connectivity index (χ4n) is 2.19. The maximum absolute atomic E-state index is 12.2. The second-order valence-electron chi connectivity index (χ2n) is 5.11. The van der Waals surface area contributed by atoms with Gasteiger partial charge in [-0.2, -0.15) is 5.10 Å². The van der Waals surface area contributed by atoms with Gasteiger partial charge in [-0.15, -0.1) is 24.8 Å². The molecule has 2 aromatic rings. The zero-order valence-electron chi connectivity index (χ0n) is 11.9. The SMILES string of the molecule is Cl.Cl.NC(CNC(=O)c1cn[nH]c1-c1ccncc1)C1CC1. The van der Waals surface area contributed by atoms with Gasteiger partial charge >= 0.3 is 0 Å². The zero-order chi connectivity index (χ0) is 13.9. The van der Waals surface area contributed by atoms with Crippen molar-refractivity contribution >= 4 is 30.7 Å². The molecule has 1 fully saturated rings. The molecule has 1 aliphatic rings. The van der Waals surface area contributed by atoms with Crippen LogP contribution in [0.5, 0.6) is 0 Å². The van der Waals surface area contributed by atoms with Gasteiger partial charge in [0.2, 0.25) is 0 Å². The molecule has 22 heavy (non-hydrogen) atoms. The van der Waals surface area contributed by atoms with Crippen molar-refractivity contribution in [2.75, 3.05) is 6.54 Å². The zero-order valence-corrected chi connectivity index (χ0v) is 13.5. The highest BCUT2D eigenvalue weighted by molar-refractivity contribution is 5.99. The summed E-state index contributed by atoms with van der Waals surface area (Å²) in [6, 6.07) is 3.72. The Bertz CT molecular complexity index is 600. The quantitative estimate of drug-likeness (QED) is 0.770. The average Bonchev–Trinajstić information content (AvgIpc) is 3.22. The monoisotopic (exact) mass is 343 g/mol. The van der Waals surface area contributed by atoms with Gasteiger partial charge in [0.25, 0.3) is 5.91 Å². The van der Waals surface area contributed by atoms with E-state index in [0.717, 1.165) is 5.56 Å². The highest BCUT2D eigenvalue weighted by Gasteiger charge is 2.28. The lowest BCUT2D eigenvalue weighted by Gasteiger charge is -2.11. The highest BCUT2D eigenvalue weighted by atomic mass is 35.5. The van der Waals surface area contributed by atoms with Crippen LogP contribution in [0.15, 0.2) is 30.7 Å². The number of rotatable bonds is 5. The minimum absolute atomic E-state index is 0. The van der Waals surface area contributed by atoms with Crippen LogP contribution in [-0.2, 0) is 0 Å². The third kappa shape index (κ3) is 4.19. The number of hydrogen-bond donors (Lipinski definition) is 3. The first-order valence-corrected chi connectivity index (χ1v) is 6.73. The molecule has 0 saturated heterocycles. The van der Waals surface area contributed by atoms with E-state index in [1.54, 1.807) is 12.4 Å². The number of H-pyrrole nitrogens is 1. The van der Waals surface area contributed by atoms with Crippen LogP contribution in [0.25, 0.3) is 11.3 Å². The van der Waals surface area contributed by atoms with E-state index >= 15 is 0 Å². The first-order chi connectivity index (χ1) is 9.75. The number of hydrogen-bond acceptors (Lipinski definition) is 4. The summed E-state index contributed by atoms with van der Waals surface area (Å²) in [6.07, 6.45) is 7.24. The molecule has 3 rings (SSSR count). The largest absolute Gasteiger partial charge is 0.350 e. The first-order valence-electron chi connectivity index (χ1n) is 6.73. The number of carbonyl (C=O) groups excluding carboxylic acids is 1. The summed E-state index contributed by atoms with van der Waals surface area (Å²) in [5.74, 6) is 0.418. The Balaban J connectivity index is 0.00000121. The van der Waals surface area contributed by atoms with E-state index in [1.807, 2.05) is 12.1 Å². The maximum atomic E-state index is 12.2. The van der Waals surface area contributed by atoms with Crippen LogP contribution in [0.4, 0.5) is 0 Å². The van der Waals surface area contributed by atoms with Crippen LogP contribution in [-0.4, -0.2) is 33.7 Å². The normalized spacial score (nSPS) is 14.4. The molecule has 1 aliphatic carbocycles. The molecule has 1 amide bonds. The molecule has 4 N–H and O–H groups in total. The van der Waals surface area contributed by atoms with Gasteiger partial charge in [0.1, 0.15) is 0 Å². The molecule has 1 atom stereocenters. The van der Waals surface area contributed by atoms with E-state index in [1.165, 1.54) is 19.0 Å². The van der Waals surface area contributed by atoms with Gasteiger partial charge in [-0.05, 0) is 30.9 Å². The van der Waals surface area contributed by atoms with Crippen LogP contribution in [0, 0.1) is 5.92 Å². The molecule has 2 heterocycles. The van der Waals surface area contributed by atoms with Crippen LogP contribution >= 0.6 is 24.8 Å². The van der Waals surface area contributed by atoms with Crippen molar-refractivity contribution in [2.45, 2.75) is 18.9 Å². The van der Waals surface area contributed by atoms with E-state index in [0.29, 0.717) is 23.7 Å². The van der Waals surface area contributed by atoms with Crippen molar-refractivity contribution in [1.29, 1.82) is 0 Å². The number of aromatic amines is 1. The Hall–Kier alpha value is -1.63. The van der Waals surface area contributed by atoms with Crippen molar-refractivity contribution in [3.63, 3.8) is 0 Å². The minimum atomic E-state index is -0.151. The Labute approximate surface area is 141 Å². The minimum Gasteiger partial charge on any atom is -0.350 e. The predicted octanol–water partition coefficient (Wildman–Crippen LogP) is 1.78. The molecule has 0 aromatic carbocycles. The second kappa shape index (κ2) is 8.12. The number of amides is 1. The summed E-state index contributed by atoms with van der Waals surface area (Å²) in [5.41, 5.74) is 8.09. The fourth-order valence-corrected chi connectivity index (χ4v) is 2.19. The van der Waals surface area contributed by atoms with Gasteiger partial charge in [-0.1, -0.05) is 0 Å². The van der Waals surface area contributed by atoms with Crippen molar-refractivity contribution in [2.24, 2.45) is 11.7 Å². The first kappa shape index (κ1) is 18.4. The molecule has 8 heteroatoms. The Morgan fingerprint density at radius 1 is 1.36 bits per heavy atom. The molecule has 2 aromatic heterocycles. The summed E-state index contributed by atoms with van der Waals surface area (Å²) < 4.78 is 0. The third-order valence-corrected chi connectivity index (χ3v) is 3.58. The van der Waals surface area contributed by atoms with E-state index in [2.05, 4.69) is 20.5 Å². The Morgan fingerprint density at radius 2 is 2.05 bits per heavy atom. The summed E-state index contributed by atoms with van der Waals surface area (Å²) in [4.78, 5) is 16.2. The summed E-state index contributed by atoms with van der Waals surface area (Å²) in [5, 5.41) is 9.69. The van der Waals surface area contributed by atoms with Crippen LogP contribution in [0.3, 0.4) is 0 Å². The van der Waals surface area contributed by atoms with Crippen LogP contribution < -0.4 is 11.1 Å². The van der Waals surface area contributed by atoms with E-state index < -0.39 is 0 Å². The number of nitrogens with two attached hydrogens (primary N) is 1. The molecule has 0 spiro atoms.